The topological polar surface area (TPSA) is 90.7 Å². The quantitative estimate of drug-likeness (QED) is 0.469. The van der Waals surface area contributed by atoms with E-state index in [4.69, 9.17) is 26.8 Å². The minimum atomic E-state index is -0.725. The summed E-state index contributed by atoms with van der Waals surface area (Å²) in [6.07, 6.45) is 0. The normalized spacial score (nSPS) is 11.7. The van der Waals surface area contributed by atoms with E-state index in [2.05, 4.69) is 5.32 Å². The molecule has 3 aromatic carbocycles. The number of halogens is 1. The van der Waals surface area contributed by atoms with Gasteiger partial charge in [0.1, 0.15) is 11.3 Å². The highest BCUT2D eigenvalue weighted by Gasteiger charge is 2.19. The van der Waals surface area contributed by atoms with Crippen LogP contribution in [-0.4, -0.2) is 25.6 Å². The first-order chi connectivity index (χ1) is 13.9. The molecule has 0 saturated heterocycles. The van der Waals surface area contributed by atoms with Crippen LogP contribution in [0.15, 0.2) is 54.6 Å². The Morgan fingerprint density at radius 3 is 2.62 bits per heavy atom. The summed E-state index contributed by atoms with van der Waals surface area (Å²) in [5.41, 5.74) is 7.07. The highest BCUT2D eigenvalue weighted by Crippen LogP contribution is 2.29. The van der Waals surface area contributed by atoms with E-state index < -0.39 is 18.5 Å². The van der Waals surface area contributed by atoms with Gasteiger partial charge in [0.25, 0.3) is 5.91 Å². The van der Waals surface area contributed by atoms with Gasteiger partial charge >= 0.3 is 5.97 Å². The zero-order chi connectivity index (χ0) is 21.0. The number of amides is 1. The third kappa shape index (κ3) is 4.60. The van der Waals surface area contributed by atoms with Crippen molar-refractivity contribution in [2.24, 2.45) is 0 Å². The second kappa shape index (κ2) is 8.84. The zero-order valence-electron chi connectivity index (χ0n) is 16.1. The van der Waals surface area contributed by atoms with Gasteiger partial charge in [0.05, 0.1) is 23.9 Å². The van der Waals surface area contributed by atoms with Crippen LogP contribution >= 0.6 is 11.6 Å². The van der Waals surface area contributed by atoms with Crippen molar-refractivity contribution in [1.82, 2.24) is 5.32 Å². The van der Waals surface area contributed by atoms with Gasteiger partial charge in [-0.15, -0.1) is 0 Å². The van der Waals surface area contributed by atoms with Gasteiger partial charge in [-0.1, -0.05) is 54.1 Å². The van der Waals surface area contributed by atoms with Gasteiger partial charge in [0.15, 0.2) is 6.61 Å². The van der Waals surface area contributed by atoms with Crippen LogP contribution in [0.25, 0.3) is 10.8 Å². The van der Waals surface area contributed by atoms with Crippen LogP contribution in [-0.2, 0) is 9.53 Å². The molecule has 29 heavy (non-hydrogen) atoms. The number of hydrogen-bond acceptors (Lipinski definition) is 5. The van der Waals surface area contributed by atoms with Crippen molar-refractivity contribution in [1.29, 1.82) is 0 Å². The van der Waals surface area contributed by atoms with E-state index >= 15 is 0 Å². The molecule has 0 radical (unpaired) electrons. The molecule has 0 fully saturated rings. The SMILES string of the molecule is COc1cc(N)c(Cl)cc1C(=O)OCC(=O)N[C@@H](C)c1cccc2ccccc12. The van der Waals surface area contributed by atoms with Crippen molar-refractivity contribution in [2.45, 2.75) is 13.0 Å². The Labute approximate surface area is 173 Å². The highest BCUT2D eigenvalue weighted by atomic mass is 35.5. The van der Waals surface area contributed by atoms with E-state index in [0.29, 0.717) is 0 Å². The summed E-state index contributed by atoms with van der Waals surface area (Å²) in [5.74, 6) is -0.919. The van der Waals surface area contributed by atoms with E-state index in [0.717, 1.165) is 16.3 Å². The Morgan fingerprint density at radius 2 is 1.86 bits per heavy atom. The molecule has 0 aromatic heterocycles. The third-order valence-corrected chi connectivity index (χ3v) is 4.87. The minimum Gasteiger partial charge on any atom is -0.496 e. The maximum absolute atomic E-state index is 12.3. The van der Waals surface area contributed by atoms with Crippen LogP contribution in [0.2, 0.25) is 5.02 Å². The van der Waals surface area contributed by atoms with Crippen molar-refractivity contribution in [3.8, 4) is 5.75 Å². The molecule has 3 aromatic rings. The van der Waals surface area contributed by atoms with E-state index in [1.165, 1.54) is 19.2 Å². The summed E-state index contributed by atoms with van der Waals surface area (Å²) in [6.45, 7) is 1.45. The molecule has 3 N–H and O–H groups in total. The highest BCUT2D eigenvalue weighted by molar-refractivity contribution is 6.33. The van der Waals surface area contributed by atoms with E-state index in [9.17, 15) is 9.59 Å². The molecule has 0 bridgehead atoms. The van der Waals surface area contributed by atoms with E-state index in [1.54, 1.807) is 0 Å². The van der Waals surface area contributed by atoms with E-state index in [1.807, 2.05) is 49.4 Å². The fourth-order valence-corrected chi connectivity index (χ4v) is 3.26. The first-order valence-electron chi connectivity index (χ1n) is 8.98. The van der Waals surface area contributed by atoms with E-state index in [-0.39, 0.29) is 28.1 Å². The number of fused-ring (bicyclic) bond motifs is 1. The zero-order valence-corrected chi connectivity index (χ0v) is 16.8. The molecule has 7 heteroatoms. The van der Waals surface area contributed by atoms with Gasteiger partial charge in [-0.3, -0.25) is 4.79 Å². The number of benzene rings is 3. The predicted octanol–water partition coefficient (Wildman–Crippen LogP) is 4.12. The lowest BCUT2D eigenvalue weighted by Gasteiger charge is -2.17. The summed E-state index contributed by atoms with van der Waals surface area (Å²) in [4.78, 5) is 24.6. The summed E-state index contributed by atoms with van der Waals surface area (Å²) in [5, 5.41) is 5.20. The standard InChI is InChI=1S/C22H21ClN2O4/c1-13(15-9-5-7-14-6-3-4-8-16(14)15)25-21(26)12-29-22(27)17-10-18(23)19(24)11-20(17)28-2/h3-11,13H,12,24H2,1-2H3,(H,25,26)/t13-/m0/s1. The van der Waals surface area contributed by atoms with Crippen LogP contribution in [0.3, 0.4) is 0 Å². The Hall–Kier alpha value is -3.25. The maximum atomic E-state index is 12.3. The van der Waals surface area contributed by atoms with Crippen molar-refractivity contribution < 1.29 is 19.1 Å². The summed E-state index contributed by atoms with van der Waals surface area (Å²) >= 11 is 5.97. The average molecular weight is 413 g/mol. The van der Waals surface area contributed by atoms with Gasteiger partial charge in [-0.2, -0.15) is 0 Å². The number of methoxy groups -OCH3 is 1. The lowest BCUT2D eigenvalue weighted by atomic mass is 10.00. The number of esters is 1. The summed E-state index contributed by atoms with van der Waals surface area (Å²) in [7, 11) is 1.40. The number of hydrogen-bond donors (Lipinski definition) is 2. The number of carbonyl (C=O) groups is 2. The Balaban J connectivity index is 1.65. The van der Waals surface area contributed by atoms with Crippen LogP contribution in [0, 0.1) is 0 Å². The molecule has 0 heterocycles. The fraction of sp³-hybridized carbons (Fsp3) is 0.182. The lowest BCUT2D eigenvalue weighted by Crippen LogP contribution is -2.31. The Kier molecular flexibility index (Phi) is 6.24. The summed E-state index contributed by atoms with van der Waals surface area (Å²) < 4.78 is 10.3. The Bertz CT molecular complexity index is 1060. The smallest absolute Gasteiger partial charge is 0.342 e. The number of ether oxygens (including phenoxy) is 2. The second-order valence-corrected chi connectivity index (χ2v) is 6.91. The van der Waals surface area contributed by atoms with Gasteiger partial charge in [0, 0.05) is 6.07 Å². The molecule has 0 saturated carbocycles. The maximum Gasteiger partial charge on any atom is 0.342 e. The van der Waals surface area contributed by atoms with Crippen molar-refractivity contribution in [3.63, 3.8) is 0 Å². The van der Waals surface area contributed by atoms with Crippen molar-refractivity contribution >= 4 is 39.9 Å². The molecule has 0 aliphatic carbocycles. The molecule has 0 aliphatic rings. The summed E-state index contributed by atoms with van der Waals surface area (Å²) in [6, 6.07) is 16.4. The molecular weight excluding hydrogens is 392 g/mol. The number of nitrogen functional groups attached to an aromatic ring is 1. The minimum absolute atomic E-state index is 0.0987. The van der Waals surface area contributed by atoms with Crippen LogP contribution < -0.4 is 15.8 Å². The molecule has 1 amide bonds. The molecule has 3 rings (SSSR count). The van der Waals surface area contributed by atoms with Gasteiger partial charge in [-0.25, -0.2) is 4.79 Å². The fourth-order valence-electron chi connectivity index (χ4n) is 3.10. The molecule has 1 atom stereocenters. The number of anilines is 1. The largest absolute Gasteiger partial charge is 0.496 e. The van der Waals surface area contributed by atoms with Crippen molar-refractivity contribution in [3.05, 3.63) is 70.7 Å². The third-order valence-electron chi connectivity index (χ3n) is 4.54. The number of nitrogens with two attached hydrogens (primary N) is 1. The molecule has 0 aliphatic heterocycles. The molecule has 6 nitrogen and oxygen atoms in total. The van der Waals surface area contributed by atoms with Crippen molar-refractivity contribution in [2.75, 3.05) is 19.5 Å². The number of carbonyl (C=O) groups excluding carboxylic acids is 2. The van der Waals surface area contributed by atoms with Gasteiger partial charge in [0.2, 0.25) is 0 Å². The van der Waals surface area contributed by atoms with Gasteiger partial charge in [-0.05, 0) is 29.3 Å². The second-order valence-electron chi connectivity index (χ2n) is 6.51. The van der Waals surface area contributed by atoms with Crippen LogP contribution in [0.4, 0.5) is 5.69 Å². The van der Waals surface area contributed by atoms with Crippen LogP contribution in [0.1, 0.15) is 28.9 Å². The molecule has 150 valence electrons. The van der Waals surface area contributed by atoms with Crippen LogP contribution in [0.5, 0.6) is 5.75 Å². The number of nitrogens with one attached hydrogen (secondary N) is 1. The lowest BCUT2D eigenvalue weighted by molar-refractivity contribution is -0.124. The first-order valence-corrected chi connectivity index (χ1v) is 9.35. The average Bonchev–Trinajstić information content (AvgIpc) is 2.73. The van der Waals surface area contributed by atoms with Gasteiger partial charge < -0.3 is 20.5 Å². The first kappa shape index (κ1) is 20.5. The molecular formula is C22H21ClN2O4. The molecule has 0 unspecified atom stereocenters. The monoisotopic (exact) mass is 412 g/mol. The Morgan fingerprint density at radius 1 is 1.14 bits per heavy atom. The number of rotatable bonds is 6. The molecule has 0 spiro atoms. The predicted molar refractivity (Wildman–Crippen MR) is 113 cm³/mol.